The number of ether oxygens (including phenoxy) is 2. The molecule has 0 aliphatic heterocycles. The van der Waals surface area contributed by atoms with Gasteiger partial charge >= 0.3 is 0 Å². The third-order valence-corrected chi connectivity index (χ3v) is 4.85. The quantitative estimate of drug-likeness (QED) is 0.672. The van der Waals surface area contributed by atoms with E-state index in [2.05, 4.69) is 15.0 Å². The first-order chi connectivity index (χ1) is 12.4. The van der Waals surface area contributed by atoms with Gasteiger partial charge in [-0.15, -0.1) is 0 Å². The number of aromatic nitrogens is 1. The van der Waals surface area contributed by atoms with Crippen LogP contribution in [0.15, 0.2) is 42.7 Å². The molecule has 0 unspecified atom stereocenters. The van der Waals surface area contributed by atoms with E-state index < -0.39 is 15.9 Å². The van der Waals surface area contributed by atoms with Crippen LogP contribution >= 0.6 is 0 Å². The van der Waals surface area contributed by atoms with Crippen molar-refractivity contribution in [2.45, 2.75) is 6.54 Å². The summed E-state index contributed by atoms with van der Waals surface area (Å²) < 4.78 is 36.7. The Balaban J connectivity index is 1.87. The zero-order valence-corrected chi connectivity index (χ0v) is 15.4. The highest BCUT2D eigenvalue weighted by molar-refractivity contribution is 7.89. The van der Waals surface area contributed by atoms with Crippen LogP contribution in [0.2, 0.25) is 0 Å². The summed E-state index contributed by atoms with van der Waals surface area (Å²) in [6, 6.07) is 8.27. The first kappa shape index (κ1) is 19.7. The Hall–Kier alpha value is -2.65. The summed E-state index contributed by atoms with van der Waals surface area (Å²) in [7, 11) is -0.573. The molecule has 0 saturated heterocycles. The third-order valence-electron chi connectivity index (χ3n) is 3.53. The second-order valence-electron chi connectivity index (χ2n) is 5.32. The number of nitrogens with zero attached hydrogens (tertiary/aromatic N) is 1. The van der Waals surface area contributed by atoms with E-state index in [1.807, 2.05) is 0 Å². The largest absolute Gasteiger partial charge is 0.497 e. The molecule has 0 atom stereocenters. The second kappa shape index (κ2) is 9.16. The molecule has 0 aliphatic carbocycles. The van der Waals surface area contributed by atoms with Gasteiger partial charge in [-0.05, 0) is 23.8 Å². The average molecular weight is 379 g/mol. The summed E-state index contributed by atoms with van der Waals surface area (Å²) in [5.74, 6) is 0.240. The Kier molecular flexibility index (Phi) is 6.93. The monoisotopic (exact) mass is 379 g/mol. The van der Waals surface area contributed by atoms with Gasteiger partial charge in [0.15, 0.2) is 0 Å². The minimum atomic E-state index is -3.53. The number of carbonyl (C=O) groups excluding carboxylic acids is 1. The highest BCUT2D eigenvalue weighted by Gasteiger charge is 2.15. The third kappa shape index (κ3) is 5.71. The Labute approximate surface area is 152 Å². The van der Waals surface area contributed by atoms with Gasteiger partial charge in [-0.3, -0.25) is 9.78 Å². The Morgan fingerprint density at radius 1 is 1.19 bits per heavy atom. The summed E-state index contributed by atoms with van der Waals surface area (Å²) in [4.78, 5) is 16.2. The molecule has 0 radical (unpaired) electrons. The van der Waals surface area contributed by atoms with E-state index in [0.717, 1.165) is 5.56 Å². The Bertz CT molecular complexity index is 841. The normalized spacial score (nSPS) is 11.0. The zero-order valence-electron chi connectivity index (χ0n) is 14.6. The van der Waals surface area contributed by atoms with Gasteiger partial charge in [0.05, 0.1) is 25.5 Å². The lowest BCUT2D eigenvalue weighted by Crippen LogP contribution is -2.34. The minimum absolute atomic E-state index is 0.0314. The van der Waals surface area contributed by atoms with Crippen LogP contribution < -0.4 is 19.5 Å². The molecule has 140 valence electrons. The number of amides is 1. The summed E-state index contributed by atoms with van der Waals surface area (Å²) in [6.45, 7) is 0.118. The predicted molar refractivity (Wildman–Crippen MR) is 96.7 cm³/mol. The van der Waals surface area contributed by atoms with Crippen LogP contribution in [0.25, 0.3) is 0 Å². The number of carbonyl (C=O) groups is 1. The van der Waals surface area contributed by atoms with Gasteiger partial charge in [0.2, 0.25) is 10.0 Å². The van der Waals surface area contributed by atoms with Crippen LogP contribution in [-0.2, 0) is 16.6 Å². The molecule has 0 aliphatic rings. The fourth-order valence-electron chi connectivity index (χ4n) is 2.15. The standard InChI is InChI=1S/C17H21N3O5S/c1-24-14-5-6-15(16(10-14)25-2)17(21)19-8-9-26(22,23)20-12-13-4-3-7-18-11-13/h3-7,10-11,20H,8-9,12H2,1-2H3,(H,19,21). The molecule has 2 N–H and O–H groups in total. The van der Waals surface area contributed by atoms with E-state index in [9.17, 15) is 13.2 Å². The molecule has 0 fully saturated rings. The van der Waals surface area contributed by atoms with Crippen molar-refractivity contribution < 1.29 is 22.7 Å². The average Bonchev–Trinajstić information content (AvgIpc) is 2.66. The van der Waals surface area contributed by atoms with Crippen molar-refractivity contribution in [3.05, 3.63) is 53.9 Å². The van der Waals surface area contributed by atoms with Gasteiger partial charge in [0.1, 0.15) is 11.5 Å². The minimum Gasteiger partial charge on any atom is -0.497 e. The summed E-state index contributed by atoms with van der Waals surface area (Å²) in [5, 5.41) is 2.57. The molecule has 2 aromatic rings. The molecule has 1 heterocycles. The smallest absolute Gasteiger partial charge is 0.255 e. The molecule has 2 rings (SSSR count). The van der Waals surface area contributed by atoms with Gasteiger partial charge in [-0.2, -0.15) is 0 Å². The highest BCUT2D eigenvalue weighted by Crippen LogP contribution is 2.24. The van der Waals surface area contributed by atoms with E-state index in [-0.39, 0.29) is 18.8 Å². The van der Waals surface area contributed by atoms with Crippen LogP contribution in [0, 0.1) is 0 Å². The highest BCUT2D eigenvalue weighted by atomic mass is 32.2. The van der Waals surface area contributed by atoms with Gasteiger partial charge in [0.25, 0.3) is 5.91 Å². The van der Waals surface area contributed by atoms with Gasteiger partial charge < -0.3 is 14.8 Å². The molecule has 0 spiro atoms. The molecule has 1 aromatic heterocycles. The fourth-order valence-corrected chi connectivity index (χ4v) is 3.05. The van der Waals surface area contributed by atoms with Crippen molar-refractivity contribution >= 4 is 15.9 Å². The number of hydrogen-bond acceptors (Lipinski definition) is 6. The maximum absolute atomic E-state index is 12.2. The van der Waals surface area contributed by atoms with Crippen LogP contribution in [0.5, 0.6) is 11.5 Å². The summed E-state index contributed by atoms with van der Waals surface area (Å²) in [6.07, 6.45) is 3.20. The van der Waals surface area contributed by atoms with Crippen molar-refractivity contribution in [1.82, 2.24) is 15.0 Å². The SMILES string of the molecule is COc1ccc(C(=O)NCCS(=O)(=O)NCc2cccnc2)c(OC)c1. The molecule has 26 heavy (non-hydrogen) atoms. The zero-order chi connectivity index (χ0) is 19.0. The number of methoxy groups -OCH3 is 2. The number of rotatable bonds is 9. The molecule has 8 nitrogen and oxygen atoms in total. The van der Waals surface area contributed by atoms with Gasteiger partial charge in [-0.25, -0.2) is 13.1 Å². The number of sulfonamides is 1. The lowest BCUT2D eigenvalue weighted by molar-refractivity contribution is 0.0953. The summed E-state index contributed by atoms with van der Waals surface area (Å²) in [5.41, 5.74) is 1.05. The second-order valence-corrected chi connectivity index (χ2v) is 7.25. The van der Waals surface area contributed by atoms with Gasteiger partial charge in [-0.1, -0.05) is 6.07 Å². The Morgan fingerprint density at radius 2 is 2.00 bits per heavy atom. The molecule has 1 aromatic carbocycles. The van der Waals surface area contributed by atoms with Crippen LogP contribution in [0.1, 0.15) is 15.9 Å². The van der Waals surface area contributed by atoms with E-state index in [1.165, 1.54) is 14.2 Å². The maximum Gasteiger partial charge on any atom is 0.255 e. The first-order valence-electron chi connectivity index (χ1n) is 7.81. The van der Waals surface area contributed by atoms with Crippen molar-refractivity contribution in [2.75, 3.05) is 26.5 Å². The lowest BCUT2D eigenvalue weighted by Gasteiger charge is -2.11. The predicted octanol–water partition coefficient (Wildman–Crippen LogP) is 0.948. The molecule has 1 amide bonds. The molecular formula is C17H21N3O5S. The summed E-state index contributed by atoms with van der Waals surface area (Å²) >= 11 is 0. The lowest BCUT2D eigenvalue weighted by atomic mass is 10.2. The number of benzene rings is 1. The molecule has 0 bridgehead atoms. The number of hydrogen-bond donors (Lipinski definition) is 2. The van der Waals surface area contributed by atoms with E-state index in [1.54, 1.807) is 42.7 Å². The van der Waals surface area contributed by atoms with E-state index >= 15 is 0 Å². The molecular weight excluding hydrogens is 358 g/mol. The molecule has 9 heteroatoms. The molecule has 0 saturated carbocycles. The Morgan fingerprint density at radius 3 is 2.65 bits per heavy atom. The van der Waals surface area contributed by atoms with Crippen LogP contribution in [-0.4, -0.2) is 45.8 Å². The number of pyridine rings is 1. The van der Waals surface area contributed by atoms with E-state index in [4.69, 9.17) is 9.47 Å². The fraction of sp³-hybridized carbons (Fsp3) is 0.294. The van der Waals surface area contributed by atoms with Crippen LogP contribution in [0.4, 0.5) is 0 Å². The maximum atomic E-state index is 12.2. The number of nitrogens with one attached hydrogen (secondary N) is 2. The van der Waals surface area contributed by atoms with Crippen LogP contribution in [0.3, 0.4) is 0 Å². The van der Waals surface area contributed by atoms with E-state index in [0.29, 0.717) is 17.1 Å². The van der Waals surface area contributed by atoms with Crippen molar-refractivity contribution in [1.29, 1.82) is 0 Å². The topological polar surface area (TPSA) is 107 Å². The van der Waals surface area contributed by atoms with Gasteiger partial charge in [0, 0.05) is 31.5 Å². The first-order valence-corrected chi connectivity index (χ1v) is 9.47. The van der Waals surface area contributed by atoms with Crippen molar-refractivity contribution in [2.24, 2.45) is 0 Å². The van der Waals surface area contributed by atoms with Crippen molar-refractivity contribution in [3.8, 4) is 11.5 Å². The van der Waals surface area contributed by atoms with Crippen molar-refractivity contribution in [3.63, 3.8) is 0 Å².